The van der Waals surface area contributed by atoms with Crippen LogP contribution in [0.1, 0.15) is 12.6 Å². The van der Waals surface area contributed by atoms with Gasteiger partial charge in [0.05, 0.1) is 32.2 Å². The summed E-state index contributed by atoms with van der Waals surface area (Å²) in [4.78, 5) is 7.87. The number of halogens is 1. The first-order valence-corrected chi connectivity index (χ1v) is 6.14. The minimum atomic E-state index is -0.127. The molecule has 0 saturated heterocycles. The monoisotopic (exact) mass is 289 g/mol. The van der Waals surface area contributed by atoms with Crippen molar-refractivity contribution >= 4 is 16.8 Å². The third-order valence-corrected chi connectivity index (χ3v) is 2.25. The lowest BCUT2D eigenvalue weighted by Crippen LogP contribution is -2.11. The Bertz CT molecular complexity index is 386. The van der Waals surface area contributed by atoms with Crippen LogP contribution in [0, 0.1) is 0 Å². The Morgan fingerprint density at radius 2 is 1.95 bits per heavy atom. The third-order valence-electron chi connectivity index (χ3n) is 1.98. The van der Waals surface area contributed by atoms with Gasteiger partial charge in [-0.15, -0.1) is 0 Å². The summed E-state index contributed by atoms with van der Waals surface area (Å²) in [5, 5.41) is 11.1. The number of ether oxygens (including phenoxy) is 3. The minimum Gasteiger partial charge on any atom is -0.474 e. The van der Waals surface area contributed by atoms with Crippen LogP contribution in [0.15, 0.2) is 17.5 Å². The van der Waals surface area contributed by atoms with Crippen molar-refractivity contribution in [1.82, 2.24) is 9.97 Å². The van der Waals surface area contributed by atoms with Crippen molar-refractivity contribution in [3.63, 3.8) is 0 Å². The SMILES string of the molecule is CCOCCOCCOc1cnc(/C(Cl)=N\O)cn1. The zero-order chi connectivity index (χ0) is 13.9. The molecule has 0 spiro atoms. The van der Waals surface area contributed by atoms with Crippen molar-refractivity contribution in [2.24, 2.45) is 5.16 Å². The largest absolute Gasteiger partial charge is 0.474 e. The number of oxime groups is 1. The molecule has 7 nitrogen and oxygen atoms in total. The van der Waals surface area contributed by atoms with Crippen molar-refractivity contribution < 1.29 is 19.4 Å². The van der Waals surface area contributed by atoms with Gasteiger partial charge in [0.1, 0.15) is 12.3 Å². The van der Waals surface area contributed by atoms with Crippen molar-refractivity contribution in [2.75, 3.05) is 33.0 Å². The molecule has 0 aliphatic carbocycles. The lowest BCUT2D eigenvalue weighted by Gasteiger charge is -2.06. The summed E-state index contributed by atoms with van der Waals surface area (Å²) in [7, 11) is 0. The summed E-state index contributed by atoms with van der Waals surface area (Å²) in [6.45, 7) is 4.52. The third kappa shape index (κ3) is 6.32. The Hall–Kier alpha value is -1.44. The number of hydrogen-bond donors (Lipinski definition) is 1. The number of nitrogens with zero attached hydrogens (tertiary/aromatic N) is 3. The summed E-state index contributed by atoms with van der Waals surface area (Å²) in [6.07, 6.45) is 2.75. The second kappa shape index (κ2) is 9.48. The van der Waals surface area contributed by atoms with E-state index in [9.17, 15) is 0 Å². The highest BCUT2D eigenvalue weighted by molar-refractivity contribution is 6.69. The molecule has 0 unspecified atom stereocenters. The van der Waals surface area contributed by atoms with Crippen LogP contribution in [0.3, 0.4) is 0 Å². The highest BCUT2D eigenvalue weighted by atomic mass is 35.5. The van der Waals surface area contributed by atoms with Crippen LogP contribution in [0.5, 0.6) is 5.88 Å². The predicted octanol–water partition coefficient (Wildman–Crippen LogP) is 1.28. The fraction of sp³-hybridized carbons (Fsp3) is 0.545. The van der Waals surface area contributed by atoms with Crippen molar-refractivity contribution in [2.45, 2.75) is 6.92 Å². The van der Waals surface area contributed by atoms with Crippen LogP contribution in [0.2, 0.25) is 0 Å². The lowest BCUT2D eigenvalue weighted by atomic mass is 10.5. The first kappa shape index (κ1) is 15.6. The van der Waals surface area contributed by atoms with E-state index in [-0.39, 0.29) is 10.9 Å². The van der Waals surface area contributed by atoms with Gasteiger partial charge in [0.2, 0.25) is 5.88 Å². The van der Waals surface area contributed by atoms with Crippen LogP contribution in [-0.4, -0.2) is 53.4 Å². The molecule has 1 N–H and O–H groups in total. The van der Waals surface area contributed by atoms with E-state index in [4.69, 9.17) is 31.0 Å². The second-order valence-corrected chi connectivity index (χ2v) is 3.65. The topological polar surface area (TPSA) is 86.1 Å². The standard InChI is InChI=1S/C11H16ClN3O4/c1-2-17-3-4-18-5-6-19-10-8-13-9(7-14-10)11(12)15-16/h7-8,16H,2-6H2,1H3/b15-11+. The molecule has 0 bridgehead atoms. The molecule has 0 radical (unpaired) electrons. The molecular formula is C11H16ClN3O4. The zero-order valence-electron chi connectivity index (χ0n) is 10.6. The van der Waals surface area contributed by atoms with Gasteiger partial charge >= 0.3 is 0 Å². The van der Waals surface area contributed by atoms with Crippen LogP contribution in [0.25, 0.3) is 0 Å². The second-order valence-electron chi connectivity index (χ2n) is 3.29. The van der Waals surface area contributed by atoms with Crippen molar-refractivity contribution in [1.29, 1.82) is 0 Å². The van der Waals surface area contributed by atoms with Gasteiger partial charge < -0.3 is 19.4 Å². The number of hydrogen-bond acceptors (Lipinski definition) is 7. The quantitative estimate of drug-likeness (QED) is 0.319. The maximum Gasteiger partial charge on any atom is 0.232 e. The average molecular weight is 290 g/mol. The molecule has 1 aromatic rings. The lowest BCUT2D eigenvalue weighted by molar-refractivity contribution is 0.0398. The van der Waals surface area contributed by atoms with Crippen LogP contribution in [0.4, 0.5) is 0 Å². The molecule has 0 fully saturated rings. The molecule has 1 rings (SSSR count). The molecule has 0 aliphatic heterocycles. The van der Waals surface area contributed by atoms with Gasteiger partial charge in [0.15, 0.2) is 5.17 Å². The molecule has 0 atom stereocenters. The molecule has 0 aliphatic rings. The summed E-state index contributed by atoms with van der Waals surface area (Å²) >= 11 is 5.56. The van der Waals surface area contributed by atoms with E-state index < -0.39 is 0 Å². The minimum absolute atomic E-state index is 0.127. The fourth-order valence-corrected chi connectivity index (χ4v) is 1.22. The molecule has 0 amide bonds. The van der Waals surface area contributed by atoms with Gasteiger partial charge in [-0.3, -0.25) is 0 Å². The van der Waals surface area contributed by atoms with Gasteiger partial charge in [-0.05, 0) is 6.92 Å². The molecule has 106 valence electrons. The van der Waals surface area contributed by atoms with Crippen LogP contribution in [-0.2, 0) is 9.47 Å². The maximum atomic E-state index is 8.45. The van der Waals surface area contributed by atoms with E-state index in [0.717, 1.165) is 0 Å². The fourth-order valence-electron chi connectivity index (χ4n) is 1.12. The summed E-state index contributed by atoms with van der Waals surface area (Å²) < 4.78 is 15.7. The molecule has 8 heteroatoms. The molecule has 0 saturated carbocycles. The Morgan fingerprint density at radius 1 is 1.21 bits per heavy atom. The van der Waals surface area contributed by atoms with E-state index in [1.807, 2.05) is 6.92 Å². The molecule has 19 heavy (non-hydrogen) atoms. The van der Waals surface area contributed by atoms with Gasteiger partial charge in [0.25, 0.3) is 0 Å². The Labute approximate surface area is 116 Å². The van der Waals surface area contributed by atoms with Crippen molar-refractivity contribution in [3.05, 3.63) is 18.1 Å². The Kier molecular flexibility index (Phi) is 7.80. The van der Waals surface area contributed by atoms with Crippen LogP contribution >= 0.6 is 11.6 Å². The van der Waals surface area contributed by atoms with Crippen molar-refractivity contribution in [3.8, 4) is 5.88 Å². The average Bonchev–Trinajstić information content (AvgIpc) is 2.46. The normalized spacial score (nSPS) is 11.6. The smallest absolute Gasteiger partial charge is 0.232 e. The summed E-state index contributed by atoms with van der Waals surface area (Å²) in [5.41, 5.74) is 0.268. The maximum absolute atomic E-state index is 8.45. The summed E-state index contributed by atoms with van der Waals surface area (Å²) in [5.74, 6) is 0.347. The first-order valence-electron chi connectivity index (χ1n) is 5.76. The summed E-state index contributed by atoms with van der Waals surface area (Å²) in [6, 6.07) is 0. The molecule has 0 aromatic carbocycles. The highest BCUT2D eigenvalue weighted by Gasteiger charge is 2.03. The molecular weight excluding hydrogens is 274 g/mol. The molecule has 1 heterocycles. The van der Waals surface area contributed by atoms with Crippen LogP contribution < -0.4 is 4.74 Å². The van der Waals surface area contributed by atoms with E-state index in [2.05, 4.69) is 15.1 Å². The zero-order valence-corrected chi connectivity index (χ0v) is 11.3. The predicted molar refractivity (Wildman–Crippen MR) is 69.0 cm³/mol. The number of aromatic nitrogens is 2. The van der Waals surface area contributed by atoms with Gasteiger partial charge in [-0.2, -0.15) is 0 Å². The molecule has 1 aromatic heterocycles. The van der Waals surface area contributed by atoms with Gasteiger partial charge in [-0.25, -0.2) is 9.97 Å². The Balaban J connectivity index is 2.19. The van der Waals surface area contributed by atoms with Gasteiger partial charge in [0, 0.05) is 6.61 Å². The van der Waals surface area contributed by atoms with E-state index in [0.29, 0.717) is 38.9 Å². The van der Waals surface area contributed by atoms with E-state index in [1.165, 1.54) is 12.4 Å². The van der Waals surface area contributed by atoms with E-state index in [1.54, 1.807) is 0 Å². The number of rotatable bonds is 9. The first-order chi connectivity index (χ1) is 9.27. The van der Waals surface area contributed by atoms with E-state index >= 15 is 0 Å². The van der Waals surface area contributed by atoms with Gasteiger partial charge in [-0.1, -0.05) is 16.8 Å². The highest BCUT2D eigenvalue weighted by Crippen LogP contribution is 2.06. The Morgan fingerprint density at radius 3 is 2.58 bits per heavy atom.